The summed E-state index contributed by atoms with van der Waals surface area (Å²) in [5.41, 5.74) is 0.296. The summed E-state index contributed by atoms with van der Waals surface area (Å²) in [7, 11) is -2.87. The topological polar surface area (TPSA) is 46.2 Å². The van der Waals surface area contributed by atoms with E-state index in [1.807, 2.05) is 6.92 Å². The van der Waals surface area contributed by atoms with E-state index in [0.29, 0.717) is 11.5 Å². The van der Waals surface area contributed by atoms with Crippen LogP contribution in [0.15, 0.2) is 0 Å². The third-order valence-corrected chi connectivity index (χ3v) is 4.65. The van der Waals surface area contributed by atoms with Gasteiger partial charge in [0.05, 0.1) is 5.75 Å². The fourth-order valence-electron chi connectivity index (χ4n) is 2.65. The second-order valence-corrected chi connectivity index (χ2v) is 8.13. The van der Waals surface area contributed by atoms with E-state index in [2.05, 4.69) is 19.2 Å². The van der Waals surface area contributed by atoms with Gasteiger partial charge in [-0.25, -0.2) is 8.42 Å². The summed E-state index contributed by atoms with van der Waals surface area (Å²) >= 11 is 0. The summed E-state index contributed by atoms with van der Waals surface area (Å²) in [6.07, 6.45) is 6.26. The van der Waals surface area contributed by atoms with Crippen LogP contribution in [-0.4, -0.2) is 32.5 Å². The lowest BCUT2D eigenvalue weighted by Gasteiger charge is -2.40. The van der Waals surface area contributed by atoms with Gasteiger partial charge in [-0.05, 0) is 25.2 Å². The molecule has 16 heavy (non-hydrogen) atoms. The first-order valence-corrected chi connectivity index (χ1v) is 8.20. The molecule has 0 heterocycles. The number of sulfone groups is 1. The first-order valence-electron chi connectivity index (χ1n) is 6.14. The Morgan fingerprint density at radius 3 is 2.50 bits per heavy atom. The van der Waals surface area contributed by atoms with E-state index in [1.165, 1.54) is 31.9 Å². The Kier molecular flexibility index (Phi) is 4.41. The van der Waals surface area contributed by atoms with Crippen molar-refractivity contribution in [3.8, 4) is 0 Å². The van der Waals surface area contributed by atoms with Gasteiger partial charge in [0.1, 0.15) is 9.84 Å². The van der Waals surface area contributed by atoms with Crippen molar-refractivity contribution >= 4 is 9.84 Å². The van der Waals surface area contributed by atoms with E-state index < -0.39 is 9.84 Å². The third-order valence-electron chi connectivity index (χ3n) is 3.55. The van der Waals surface area contributed by atoms with Crippen LogP contribution < -0.4 is 5.32 Å². The quantitative estimate of drug-likeness (QED) is 0.826. The highest BCUT2D eigenvalue weighted by molar-refractivity contribution is 7.90. The predicted octanol–water partition coefficient (Wildman–Crippen LogP) is 1.98. The molecule has 3 nitrogen and oxygen atoms in total. The predicted molar refractivity (Wildman–Crippen MR) is 68.3 cm³/mol. The van der Waals surface area contributed by atoms with E-state index in [0.717, 1.165) is 0 Å². The molecule has 0 saturated heterocycles. The van der Waals surface area contributed by atoms with Crippen LogP contribution in [-0.2, 0) is 9.84 Å². The van der Waals surface area contributed by atoms with E-state index >= 15 is 0 Å². The maximum atomic E-state index is 11.2. The largest absolute Gasteiger partial charge is 0.310 e. The average molecular weight is 247 g/mol. The molecule has 0 aromatic carbocycles. The second kappa shape index (κ2) is 5.05. The van der Waals surface area contributed by atoms with Crippen molar-refractivity contribution < 1.29 is 8.42 Å². The van der Waals surface area contributed by atoms with Gasteiger partial charge in [0.25, 0.3) is 0 Å². The molecule has 4 heteroatoms. The molecule has 1 N–H and O–H groups in total. The summed E-state index contributed by atoms with van der Waals surface area (Å²) < 4.78 is 22.4. The van der Waals surface area contributed by atoms with Crippen LogP contribution in [0.25, 0.3) is 0 Å². The standard InChI is InChI=1S/C12H25NO2S/c1-10(9-16(4,14)15)13-11-7-5-6-8-12(11,2)3/h10-11,13H,5-9H2,1-4H3. The first-order chi connectivity index (χ1) is 7.21. The molecular formula is C12H25NO2S. The molecule has 2 atom stereocenters. The first kappa shape index (κ1) is 14.0. The zero-order valence-electron chi connectivity index (χ0n) is 10.9. The summed E-state index contributed by atoms with van der Waals surface area (Å²) in [6, 6.07) is 0.510. The average Bonchev–Trinajstić information content (AvgIpc) is 2.05. The lowest BCUT2D eigenvalue weighted by molar-refractivity contribution is 0.160. The van der Waals surface area contributed by atoms with Crippen LogP contribution in [0, 0.1) is 5.41 Å². The van der Waals surface area contributed by atoms with Crippen LogP contribution in [0.4, 0.5) is 0 Å². The fourth-order valence-corrected chi connectivity index (χ4v) is 3.65. The van der Waals surface area contributed by atoms with Crippen molar-refractivity contribution in [3.63, 3.8) is 0 Å². The van der Waals surface area contributed by atoms with Crippen molar-refractivity contribution in [2.24, 2.45) is 5.41 Å². The van der Waals surface area contributed by atoms with Crippen molar-refractivity contribution in [2.75, 3.05) is 12.0 Å². The zero-order chi connectivity index (χ0) is 12.4. The maximum absolute atomic E-state index is 11.2. The van der Waals surface area contributed by atoms with Gasteiger partial charge in [-0.15, -0.1) is 0 Å². The number of hydrogen-bond donors (Lipinski definition) is 1. The summed E-state index contributed by atoms with van der Waals surface area (Å²) in [5.74, 6) is 0.236. The second-order valence-electron chi connectivity index (χ2n) is 5.95. The lowest BCUT2D eigenvalue weighted by Crippen LogP contribution is -2.49. The highest BCUT2D eigenvalue weighted by Gasteiger charge is 2.32. The van der Waals surface area contributed by atoms with Gasteiger partial charge < -0.3 is 5.32 Å². The van der Waals surface area contributed by atoms with E-state index in [4.69, 9.17) is 0 Å². The maximum Gasteiger partial charge on any atom is 0.148 e. The van der Waals surface area contributed by atoms with Gasteiger partial charge in [0.2, 0.25) is 0 Å². The minimum absolute atomic E-state index is 0.0531. The smallest absolute Gasteiger partial charge is 0.148 e. The number of hydrogen-bond acceptors (Lipinski definition) is 3. The molecule has 0 aliphatic heterocycles. The highest BCUT2D eigenvalue weighted by Crippen LogP contribution is 2.35. The molecule has 0 bridgehead atoms. The van der Waals surface area contributed by atoms with Crippen molar-refractivity contribution in [2.45, 2.75) is 58.5 Å². The Balaban J connectivity index is 2.52. The van der Waals surface area contributed by atoms with Gasteiger partial charge in [0.15, 0.2) is 0 Å². The SMILES string of the molecule is CC(CS(C)(=O)=O)NC1CCCCC1(C)C. The minimum Gasteiger partial charge on any atom is -0.310 e. The van der Waals surface area contributed by atoms with Crippen LogP contribution in [0.2, 0.25) is 0 Å². The molecule has 1 aliphatic carbocycles. The highest BCUT2D eigenvalue weighted by atomic mass is 32.2. The van der Waals surface area contributed by atoms with Crippen molar-refractivity contribution in [1.82, 2.24) is 5.32 Å². The number of rotatable bonds is 4. The Labute approximate surface area is 99.9 Å². The lowest BCUT2D eigenvalue weighted by atomic mass is 9.73. The van der Waals surface area contributed by atoms with Gasteiger partial charge in [-0.3, -0.25) is 0 Å². The monoisotopic (exact) mass is 247 g/mol. The van der Waals surface area contributed by atoms with Gasteiger partial charge >= 0.3 is 0 Å². The van der Waals surface area contributed by atoms with Crippen LogP contribution >= 0.6 is 0 Å². The van der Waals surface area contributed by atoms with Crippen LogP contribution in [0.5, 0.6) is 0 Å². The zero-order valence-corrected chi connectivity index (χ0v) is 11.7. The molecule has 0 radical (unpaired) electrons. The molecule has 2 unspecified atom stereocenters. The van der Waals surface area contributed by atoms with Gasteiger partial charge in [-0.2, -0.15) is 0 Å². The Morgan fingerprint density at radius 2 is 2.00 bits per heavy atom. The van der Waals surface area contributed by atoms with E-state index in [9.17, 15) is 8.42 Å². The molecular weight excluding hydrogens is 222 g/mol. The molecule has 0 aromatic rings. The van der Waals surface area contributed by atoms with Crippen molar-refractivity contribution in [3.05, 3.63) is 0 Å². The molecule has 0 amide bonds. The number of nitrogens with one attached hydrogen (secondary N) is 1. The Hall–Kier alpha value is -0.0900. The minimum atomic E-state index is -2.87. The summed E-state index contributed by atoms with van der Waals surface area (Å²) in [5, 5.41) is 3.49. The third kappa shape index (κ3) is 4.42. The molecule has 1 fully saturated rings. The van der Waals surface area contributed by atoms with Crippen LogP contribution in [0.3, 0.4) is 0 Å². The van der Waals surface area contributed by atoms with E-state index in [-0.39, 0.29) is 11.8 Å². The Bertz CT molecular complexity index is 322. The molecule has 1 saturated carbocycles. The van der Waals surface area contributed by atoms with Gasteiger partial charge in [-0.1, -0.05) is 26.7 Å². The molecule has 1 rings (SSSR count). The molecule has 1 aliphatic rings. The van der Waals surface area contributed by atoms with Crippen molar-refractivity contribution in [1.29, 1.82) is 0 Å². The van der Waals surface area contributed by atoms with Gasteiger partial charge in [0, 0.05) is 18.3 Å². The summed E-state index contributed by atoms with van der Waals surface area (Å²) in [4.78, 5) is 0. The molecule has 0 aromatic heterocycles. The Morgan fingerprint density at radius 1 is 1.38 bits per heavy atom. The van der Waals surface area contributed by atoms with E-state index in [1.54, 1.807) is 0 Å². The normalized spacial score (nSPS) is 27.6. The molecule has 0 spiro atoms. The summed E-state index contributed by atoms with van der Waals surface area (Å²) in [6.45, 7) is 6.51. The molecule has 96 valence electrons. The fraction of sp³-hybridized carbons (Fsp3) is 1.00. The van der Waals surface area contributed by atoms with Crippen LogP contribution in [0.1, 0.15) is 46.5 Å².